The number of hydrogen-bond acceptors (Lipinski definition) is 18. The molecule has 14 rings (SSSR count). The Morgan fingerprint density at radius 1 is 0.598 bits per heavy atom. The average Bonchev–Trinajstić information content (AvgIpc) is 4.06. The molecule has 2 amide bonds. The van der Waals surface area contributed by atoms with Crippen molar-refractivity contribution in [3.05, 3.63) is 71.8 Å². The predicted octanol–water partition coefficient (Wildman–Crippen LogP) is 9.43. The van der Waals surface area contributed by atoms with Crippen molar-refractivity contribution in [2.75, 3.05) is 112 Å². The zero-order valence-electron chi connectivity index (χ0n) is 46.3. The van der Waals surface area contributed by atoms with E-state index >= 15 is 8.78 Å². The number of aromatic nitrogens is 4. The highest BCUT2D eigenvalue weighted by Gasteiger charge is 2.46. The summed E-state index contributed by atoms with van der Waals surface area (Å²) in [4.78, 5) is 48.1. The number of nitrogens with zero attached hydrogens (tertiary/aromatic N) is 6. The molecule has 4 aromatic heterocycles. The van der Waals surface area contributed by atoms with Crippen LogP contribution in [0.1, 0.15) is 75.3 Å². The lowest BCUT2D eigenvalue weighted by molar-refractivity contribution is -0.0817. The third kappa shape index (κ3) is 10.5. The van der Waals surface area contributed by atoms with Crippen LogP contribution in [0, 0.1) is 36.3 Å². The highest BCUT2D eigenvalue weighted by molar-refractivity contribution is 6.01. The smallest absolute Gasteiger partial charge is 0.413 e. The first-order valence-corrected chi connectivity index (χ1v) is 28.9. The summed E-state index contributed by atoms with van der Waals surface area (Å²) in [6, 6.07) is 7.95. The summed E-state index contributed by atoms with van der Waals surface area (Å²) >= 11 is 0. The van der Waals surface area contributed by atoms with Gasteiger partial charge in [0.2, 0.25) is 11.8 Å². The minimum Gasteiger partial charge on any atom is -0.474 e. The number of nitrogens with one attached hydrogen (secondary N) is 4. The van der Waals surface area contributed by atoms with E-state index in [9.17, 15) is 9.59 Å². The Morgan fingerprint density at radius 3 is 1.40 bits per heavy atom. The molecular formula is C60H70F2N12O8. The van der Waals surface area contributed by atoms with E-state index in [1.807, 2.05) is 13.8 Å². The molecule has 8 aliphatic rings. The first kappa shape index (κ1) is 53.9. The molecule has 6 aliphatic heterocycles. The molecule has 8 N–H and O–H groups in total. The summed E-state index contributed by atoms with van der Waals surface area (Å²) in [7, 11) is 0. The molecule has 0 radical (unpaired) electrons. The van der Waals surface area contributed by atoms with E-state index in [0.29, 0.717) is 106 Å². The second-order valence-electron chi connectivity index (χ2n) is 23.6. The minimum atomic E-state index is -0.539. The normalized spacial score (nSPS) is 22.0. The number of hydrogen-bond donors (Lipinski definition) is 6. The molecule has 2 saturated carbocycles. The number of pyridine rings is 4. The number of anilines is 6. The van der Waals surface area contributed by atoms with Crippen molar-refractivity contribution in [2.24, 2.45) is 10.8 Å². The van der Waals surface area contributed by atoms with Crippen LogP contribution in [-0.4, -0.2) is 145 Å². The number of nitrogens with two attached hydrogens (primary N) is 2. The van der Waals surface area contributed by atoms with E-state index in [0.717, 1.165) is 139 Å². The molecule has 432 valence electrons. The fourth-order valence-corrected chi connectivity index (χ4v) is 13.7. The number of amides is 2. The maximum Gasteiger partial charge on any atom is 0.413 e. The second kappa shape index (κ2) is 22.1. The van der Waals surface area contributed by atoms with E-state index in [1.54, 1.807) is 36.7 Å². The number of halogens is 2. The van der Waals surface area contributed by atoms with Crippen LogP contribution in [-0.2, 0) is 18.9 Å². The van der Waals surface area contributed by atoms with Gasteiger partial charge in [-0.15, -0.1) is 0 Å². The third-order valence-corrected chi connectivity index (χ3v) is 18.8. The Morgan fingerprint density at radius 2 is 1.01 bits per heavy atom. The second-order valence-corrected chi connectivity index (χ2v) is 23.6. The van der Waals surface area contributed by atoms with Crippen LogP contribution < -0.4 is 42.2 Å². The highest BCUT2D eigenvalue weighted by atomic mass is 19.1. The van der Waals surface area contributed by atoms with E-state index in [4.69, 9.17) is 39.9 Å². The van der Waals surface area contributed by atoms with Crippen molar-refractivity contribution in [3.8, 4) is 34.0 Å². The molecule has 0 bridgehead atoms. The number of carbonyl (C=O) groups excluding carboxylic acids is 2. The fourth-order valence-electron chi connectivity index (χ4n) is 13.7. The van der Waals surface area contributed by atoms with Crippen LogP contribution in [0.3, 0.4) is 0 Å². The molecule has 0 unspecified atom stereocenters. The minimum absolute atomic E-state index is 0.00686. The number of rotatable bonds is 8. The molecule has 82 heavy (non-hydrogen) atoms. The third-order valence-electron chi connectivity index (χ3n) is 18.8. The Labute approximate surface area is 473 Å². The van der Waals surface area contributed by atoms with Gasteiger partial charge < -0.3 is 50.5 Å². The monoisotopic (exact) mass is 1120 g/mol. The molecule has 2 atom stereocenters. The van der Waals surface area contributed by atoms with Gasteiger partial charge in [-0.2, -0.15) is 0 Å². The average molecular weight is 1130 g/mol. The van der Waals surface area contributed by atoms with Gasteiger partial charge in [-0.25, -0.2) is 38.3 Å². The number of nitrogen functional groups attached to an aromatic ring is 2. The van der Waals surface area contributed by atoms with Gasteiger partial charge in [0.1, 0.15) is 48.4 Å². The summed E-state index contributed by atoms with van der Waals surface area (Å²) in [6.45, 7) is 13.9. The summed E-state index contributed by atoms with van der Waals surface area (Å²) in [6.07, 6.45) is 15.1. The lowest BCUT2D eigenvalue weighted by Crippen LogP contribution is -2.53. The molecule has 6 aromatic rings. The molecule has 2 aromatic carbocycles. The van der Waals surface area contributed by atoms with Crippen LogP contribution in [0.25, 0.3) is 43.8 Å². The quantitative estimate of drug-likeness (QED) is 0.0777. The maximum absolute atomic E-state index is 15.5. The molecule has 20 nitrogen and oxygen atoms in total. The molecular weight excluding hydrogens is 1050 g/mol. The molecule has 10 heterocycles. The molecule has 2 spiro atoms. The van der Waals surface area contributed by atoms with Gasteiger partial charge in [-0.3, -0.25) is 20.4 Å². The number of benzene rings is 2. The van der Waals surface area contributed by atoms with Gasteiger partial charge >= 0.3 is 12.2 Å². The van der Waals surface area contributed by atoms with Gasteiger partial charge in [0.25, 0.3) is 0 Å². The van der Waals surface area contributed by atoms with Crippen molar-refractivity contribution >= 4 is 68.1 Å². The Kier molecular flexibility index (Phi) is 14.5. The first-order valence-electron chi connectivity index (χ1n) is 28.9. The van der Waals surface area contributed by atoms with E-state index in [2.05, 4.69) is 51.0 Å². The van der Waals surface area contributed by atoms with Crippen molar-refractivity contribution < 1.29 is 46.8 Å². The lowest BCUT2D eigenvalue weighted by Gasteiger charge is -2.45. The van der Waals surface area contributed by atoms with Gasteiger partial charge in [0.15, 0.2) is 11.6 Å². The number of piperidine rings is 2. The molecule has 22 heteroatoms. The van der Waals surface area contributed by atoms with Crippen LogP contribution >= 0.6 is 0 Å². The zero-order valence-corrected chi connectivity index (χ0v) is 46.3. The van der Waals surface area contributed by atoms with Crippen LogP contribution in [0.4, 0.5) is 52.8 Å². The number of fused-ring (bicyclic) bond motifs is 4. The largest absolute Gasteiger partial charge is 0.474 e. The maximum atomic E-state index is 15.5. The van der Waals surface area contributed by atoms with Gasteiger partial charge in [0, 0.05) is 70.9 Å². The van der Waals surface area contributed by atoms with Crippen LogP contribution in [0.15, 0.2) is 49.1 Å². The van der Waals surface area contributed by atoms with Crippen molar-refractivity contribution in [3.63, 3.8) is 0 Å². The highest BCUT2D eigenvalue weighted by Crippen LogP contribution is 2.50. The van der Waals surface area contributed by atoms with Crippen molar-refractivity contribution in [2.45, 2.75) is 102 Å². The predicted molar refractivity (Wildman–Crippen MR) is 307 cm³/mol. The Bertz CT molecular complexity index is 3230. The topological polar surface area (TPSA) is 248 Å². The zero-order chi connectivity index (χ0) is 56.3. The van der Waals surface area contributed by atoms with Gasteiger partial charge in [0.05, 0.1) is 49.9 Å². The fraction of sp³-hybridized carbons (Fsp3) is 0.500. The standard InChI is InChI=1S/2C30H35FN6O4/c2*1-17-22(13-35-28-27(17)33-6-9-40-28)21-10-18-11-24(34-14-23(18)26(32)25(21)31)36-29(38)41-20-2-3-30(12-20)4-7-37(8-5-30)19-15-39-16-19/h2*10-11,13-14,19-20,33H,2-9,12,15-16,32H2,1H3,(H,34,36,38)/t2*20-/m10/s1. The summed E-state index contributed by atoms with van der Waals surface area (Å²) in [5.41, 5.74) is 17.9. The number of carbonyl (C=O) groups is 2. The van der Waals surface area contributed by atoms with Crippen molar-refractivity contribution in [1.82, 2.24) is 29.7 Å². The summed E-state index contributed by atoms with van der Waals surface area (Å²) in [5.74, 6) is 0.565. The summed E-state index contributed by atoms with van der Waals surface area (Å²) in [5, 5.41) is 14.3. The lowest BCUT2D eigenvalue weighted by atomic mass is 9.76. The van der Waals surface area contributed by atoms with Crippen LogP contribution in [0.2, 0.25) is 0 Å². The van der Waals surface area contributed by atoms with E-state index in [1.165, 1.54) is 12.4 Å². The van der Waals surface area contributed by atoms with E-state index in [-0.39, 0.29) is 34.4 Å². The van der Waals surface area contributed by atoms with Crippen LogP contribution in [0.5, 0.6) is 11.8 Å². The van der Waals surface area contributed by atoms with E-state index < -0.39 is 23.8 Å². The first-order chi connectivity index (χ1) is 39.8. The van der Waals surface area contributed by atoms with Crippen molar-refractivity contribution in [1.29, 1.82) is 0 Å². The number of likely N-dealkylation sites (tertiary alicyclic amines) is 2. The summed E-state index contributed by atoms with van der Waals surface area (Å²) < 4.78 is 64.5. The molecule has 6 fully saturated rings. The molecule has 4 saturated heterocycles. The SMILES string of the molecule is Cc1c(-c2cc3cc(NC(=O)O[C@@H]4CCC5(CCN(C6COC6)CC5)C4)ncc3c(N)c2F)cnc2c1NCCO2.Cc1c(-c2cc3cc(NC(=O)O[C@H]4CCC5(CCN(C6COC6)CC5)C4)ncc3c(N)c2F)cnc2c1NCCO2. The van der Waals surface area contributed by atoms with Gasteiger partial charge in [-0.1, -0.05) is 0 Å². The Balaban J connectivity index is 0.000000154. The Hall–Kier alpha value is -7.40. The number of ether oxygens (including phenoxy) is 6. The van der Waals surface area contributed by atoms with Gasteiger partial charge in [-0.05, 0) is 161 Å². The molecule has 2 aliphatic carbocycles.